The fourth-order valence-corrected chi connectivity index (χ4v) is 2.85. The van der Waals surface area contributed by atoms with Gasteiger partial charge in [0.1, 0.15) is 10.6 Å². The van der Waals surface area contributed by atoms with E-state index in [-0.39, 0.29) is 24.0 Å². The third kappa shape index (κ3) is 3.65. The van der Waals surface area contributed by atoms with E-state index < -0.39 is 5.97 Å². The molecule has 5 nitrogen and oxygen atoms in total. The Hall–Kier alpha value is -1.79. The summed E-state index contributed by atoms with van der Waals surface area (Å²) in [5.41, 5.74) is 7.04. The molecule has 1 atom stereocenters. The van der Waals surface area contributed by atoms with E-state index in [1.165, 1.54) is 0 Å². The molecule has 0 aliphatic heterocycles. The molecule has 7 heteroatoms. The zero-order valence-corrected chi connectivity index (χ0v) is 13.3. The molecule has 0 radical (unpaired) electrons. The average Bonchev–Trinajstić information content (AvgIpc) is 2.80. The first kappa shape index (κ1) is 15.6. The van der Waals surface area contributed by atoms with Crippen molar-refractivity contribution in [1.29, 1.82) is 0 Å². The van der Waals surface area contributed by atoms with Crippen LogP contribution in [0.2, 0.25) is 5.02 Å². The van der Waals surface area contributed by atoms with E-state index in [1.807, 2.05) is 31.2 Å². The number of nitrogen functional groups attached to an aromatic ring is 1. The molecule has 0 bridgehead atoms. The van der Waals surface area contributed by atoms with Crippen LogP contribution in [0.1, 0.15) is 35.8 Å². The molecule has 1 aromatic heterocycles. The SMILES string of the molecule is CCOC(=O)c1c(N)nsc1NC(C)c1cccc(Cl)c1. The van der Waals surface area contributed by atoms with Gasteiger partial charge in [-0.05, 0) is 43.1 Å². The lowest BCUT2D eigenvalue weighted by molar-refractivity contribution is 0.0529. The lowest BCUT2D eigenvalue weighted by atomic mass is 10.1. The number of aromatic nitrogens is 1. The minimum atomic E-state index is -0.468. The zero-order chi connectivity index (χ0) is 15.4. The largest absolute Gasteiger partial charge is 0.462 e. The molecule has 0 saturated carbocycles. The van der Waals surface area contributed by atoms with Crippen LogP contribution >= 0.6 is 23.1 Å². The molecule has 0 amide bonds. The molecular weight excluding hydrogens is 310 g/mol. The van der Waals surface area contributed by atoms with Crippen LogP contribution in [0, 0.1) is 0 Å². The van der Waals surface area contributed by atoms with Gasteiger partial charge in [0.15, 0.2) is 5.82 Å². The summed E-state index contributed by atoms with van der Waals surface area (Å²) < 4.78 is 9.02. The maximum absolute atomic E-state index is 11.9. The third-order valence-corrected chi connectivity index (χ3v) is 3.92. The van der Waals surface area contributed by atoms with Gasteiger partial charge < -0.3 is 15.8 Å². The van der Waals surface area contributed by atoms with E-state index >= 15 is 0 Å². The summed E-state index contributed by atoms with van der Waals surface area (Å²) in [5, 5.41) is 4.49. The topological polar surface area (TPSA) is 77.2 Å². The Labute approximate surface area is 132 Å². The Morgan fingerprint density at radius 3 is 3.00 bits per heavy atom. The van der Waals surface area contributed by atoms with Crippen LogP contribution < -0.4 is 11.1 Å². The van der Waals surface area contributed by atoms with Crippen molar-refractivity contribution in [3.63, 3.8) is 0 Å². The Morgan fingerprint density at radius 1 is 1.57 bits per heavy atom. The van der Waals surface area contributed by atoms with Crippen LogP contribution in [0.25, 0.3) is 0 Å². The van der Waals surface area contributed by atoms with Gasteiger partial charge in [-0.2, -0.15) is 4.37 Å². The summed E-state index contributed by atoms with van der Waals surface area (Å²) >= 11 is 7.12. The molecular formula is C14H16ClN3O2S. The molecule has 2 rings (SSSR count). The van der Waals surface area contributed by atoms with E-state index in [2.05, 4.69) is 9.69 Å². The van der Waals surface area contributed by atoms with Crippen molar-refractivity contribution in [3.8, 4) is 0 Å². The number of benzene rings is 1. The smallest absolute Gasteiger partial charge is 0.344 e. The molecule has 0 aliphatic rings. The molecule has 0 fully saturated rings. The zero-order valence-electron chi connectivity index (χ0n) is 11.7. The van der Waals surface area contributed by atoms with Crippen LogP contribution in [0.15, 0.2) is 24.3 Å². The van der Waals surface area contributed by atoms with Crippen molar-refractivity contribution < 1.29 is 9.53 Å². The molecule has 3 N–H and O–H groups in total. The highest BCUT2D eigenvalue weighted by Crippen LogP contribution is 2.31. The van der Waals surface area contributed by atoms with Crippen LogP contribution in [-0.4, -0.2) is 16.9 Å². The highest BCUT2D eigenvalue weighted by Gasteiger charge is 2.21. The number of hydrogen-bond donors (Lipinski definition) is 2. The van der Waals surface area contributed by atoms with Gasteiger partial charge in [-0.3, -0.25) is 0 Å². The van der Waals surface area contributed by atoms with Gasteiger partial charge in [-0.15, -0.1) is 0 Å². The Balaban J connectivity index is 2.22. The fraction of sp³-hybridized carbons (Fsp3) is 0.286. The van der Waals surface area contributed by atoms with Gasteiger partial charge >= 0.3 is 5.97 Å². The van der Waals surface area contributed by atoms with Crippen molar-refractivity contribution in [1.82, 2.24) is 4.37 Å². The number of hydrogen-bond acceptors (Lipinski definition) is 6. The van der Waals surface area contributed by atoms with Gasteiger partial charge in [0.05, 0.1) is 6.61 Å². The van der Waals surface area contributed by atoms with Gasteiger partial charge in [0.2, 0.25) is 0 Å². The number of halogens is 1. The molecule has 21 heavy (non-hydrogen) atoms. The normalized spacial score (nSPS) is 12.0. The molecule has 1 unspecified atom stereocenters. The number of nitrogens with zero attached hydrogens (tertiary/aromatic N) is 1. The summed E-state index contributed by atoms with van der Waals surface area (Å²) in [7, 11) is 0. The number of carbonyl (C=O) groups is 1. The van der Waals surface area contributed by atoms with Crippen molar-refractivity contribution >= 4 is 39.9 Å². The monoisotopic (exact) mass is 325 g/mol. The lowest BCUT2D eigenvalue weighted by Gasteiger charge is -2.15. The molecule has 0 saturated heterocycles. The number of nitrogens with two attached hydrogens (primary N) is 1. The van der Waals surface area contributed by atoms with Crippen LogP contribution in [-0.2, 0) is 4.74 Å². The van der Waals surface area contributed by atoms with Crippen molar-refractivity contribution in [2.24, 2.45) is 0 Å². The molecule has 2 aromatic rings. The second kappa shape index (κ2) is 6.78. The number of rotatable bonds is 5. The van der Waals surface area contributed by atoms with Gasteiger partial charge in [0, 0.05) is 11.1 Å². The van der Waals surface area contributed by atoms with E-state index in [1.54, 1.807) is 6.92 Å². The van der Waals surface area contributed by atoms with Crippen molar-refractivity contribution in [2.45, 2.75) is 19.9 Å². The van der Waals surface area contributed by atoms with Crippen molar-refractivity contribution in [2.75, 3.05) is 17.7 Å². The summed E-state index contributed by atoms with van der Waals surface area (Å²) in [6, 6.07) is 7.47. The predicted octanol–water partition coefficient (Wildman–Crippen LogP) is 3.73. The van der Waals surface area contributed by atoms with Gasteiger partial charge in [0.25, 0.3) is 0 Å². The molecule has 0 spiro atoms. The number of anilines is 2. The van der Waals surface area contributed by atoms with Gasteiger partial charge in [-0.25, -0.2) is 4.79 Å². The first-order chi connectivity index (χ1) is 10.0. The van der Waals surface area contributed by atoms with E-state index in [4.69, 9.17) is 22.1 Å². The standard InChI is InChI=1S/C14H16ClN3O2S/c1-3-20-14(19)11-12(16)18-21-13(11)17-8(2)9-5-4-6-10(15)7-9/h4-8,17H,3H2,1-2H3,(H2,16,18). The van der Waals surface area contributed by atoms with Crippen LogP contribution in [0.4, 0.5) is 10.8 Å². The Bertz CT molecular complexity index is 645. The number of carbonyl (C=O) groups excluding carboxylic acids is 1. The predicted molar refractivity (Wildman–Crippen MR) is 86.0 cm³/mol. The Morgan fingerprint density at radius 2 is 2.33 bits per heavy atom. The van der Waals surface area contributed by atoms with E-state index in [0.717, 1.165) is 17.1 Å². The number of esters is 1. The highest BCUT2D eigenvalue weighted by molar-refractivity contribution is 7.11. The van der Waals surface area contributed by atoms with Gasteiger partial charge in [-0.1, -0.05) is 23.7 Å². The van der Waals surface area contributed by atoms with Crippen molar-refractivity contribution in [3.05, 3.63) is 40.4 Å². The molecule has 0 aliphatic carbocycles. The van der Waals surface area contributed by atoms with E-state index in [0.29, 0.717) is 10.0 Å². The van der Waals surface area contributed by atoms with Crippen LogP contribution in [0.5, 0.6) is 0 Å². The lowest BCUT2D eigenvalue weighted by Crippen LogP contribution is -2.12. The summed E-state index contributed by atoms with van der Waals surface area (Å²) in [4.78, 5) is 11.9. The summed E-state index contributed by atoms with van der Waals surface area (Å²) in [6.07, 6.45) is 0. The first-order valence-electron chi connectivity index (χ1n) is 6.47. The van der Waals surface area contributed by atoms with Crippen LogP contribution in [0.3, 0.4) is 0 Å². The molecule has 1 aromatic carbocycles. The average molecular weight is 326 g/mol. The summed E-state index contributed by atoms with van der Waals surface area (Å²) in [5.74, 6) is -0.288. The minimum Gasteiger partial charge on any atom is -0.462 e. The number of ether oxygens (including phenoxy) is 1. The molecule has 112 valence electrons. The summed E-state index contributed by atoms with van der Waals surface area (Å²) in [6.45, 7) is 4.00. The molecule has 1 heterocycles. The van der Waals surface area contributed by atoms with E-state index in [9.17, 15) is 4.79 Å². The Kier molecular flexibility index (Phi) is 5.03. The number of nitrogens with one attached hydrogen (secondary N) is 1. The second-order valence-electron chi connectivity index (χ2n) is 4.41. The quantitative estimate of drug-likeness (QED) is 0.819. The second-order valence-corrected chi connectivity index (χ2v) is 5.62. The fourth-order valence-electron chi connectivity index (χ4n) is 1.86. The minimum absolute atomic E-state index is 0.0447. The highest BCUT2D eigenvalue weighted by atomic mass is 35.5. The first-order valence-corrected chi connectivity index (χ1v) is 7.62. The maximum Gasteiger partial charge on any atom is 0.344 e. The third-order valence-electron chi connectivity index (χ3n) is 2.89. The maximum atomic E-state index is 11.9.